The minimum atomic E-state index is 0.00815. The second-order valence-electron chi connectivity index (χ2n) is 5.73. The Morgan fingerprint density at radius 1 is 0.708 bits per heavy atom. The van der Waals surface area contributed by atoms with E-state index in [9.17, 15) is 0 Å². The summed E-state index contributed by atoms with van der Waals surface area (Å²) in [6.45, 7) is 0. The Balaban J connectivity index is 1.79. The highest BCUT2D eigenvalue weighted by Crippen LogP contribution is 2.33. The summed E-state index contributed by atoms with van der Waals surface area (Å²) in [7, 11) is 0. The van der Waals surface area contributed by atoms with Crippen LogP contribution in [0.3, 0.4) is 0 Å². The second-order valence-corrected chi connectivity index (χ2v) is 5.73. The van der Waals surface area contributed by atoms with Crippen molar-refractivity contribution < 1.29 is 0 Å². The molecule has 0 bridgehead atoms. The summed E-state index contributed by atoms with van der Waals surface area (Å²) in [4.78, 5) is 2.23. The molecule has 0 amide bonds. The van der Waals surface area contributed by atoms with Gasteiger partial charge in [0.25, 0.3) is 0 Å². The van der Waals surface area contributed by atoms with E-state index in [0.29, 0.717) is 0 Å². The van der Waals surface area contributed by atoms with Crippen LogP contribution in [0.15, 0.2) is 91.1 Å². The van der Waals surface area contributed by atoms with Crippen LogP contribution in [-0.2, 0) is 0 Å². The van der Waals surface area contributed by atoms with Gasteiger partial charge in [0, 0.05) is 17.5 Å². The molecule has 0 radical (unpaired) electrons. The fraction of sp³-hybridized carbons (Fsp3) is 0.0435. The topological polar surface area (TPSA) is 3.24 Å². The minimum Gasteiger partial charge on any atom is -0.329 e. The molecule has 0 spiro atoms. The second kappa shape index (κ2) is 6.48. The average molecular weight is 307 g/mol. The maximum atomic E-state index is 3.47. The molecule has 0 aromatic heterocycles. The third kappa shape index (κ3) is 2.83. The van der Waals surface area contributed by atoms with Crippen molar-refractivity contribution in [3.8, 4) is 11.8 Å². The van der Waals surface area contributed by atoms with E-state index in [1.54, 1.807) is 0 Å². The number of anilines is 1. The molecule has 1 heteroatoms. The SMILES string of the molecule is C(#CC1c2ccccc2C=CN1c1ccccc1)c1ccccc1. The number of nitrogens with zero attached hydrogens (tertiary/aromatic N) is 1. The lowest BCUT2D eigenvalue weighted by Crippen LogP contribution is -2.25. The Morgan fingerprint density at radius 2 is 1.38 bits per heavy atom. The quantitative estimate of drug-likeness (QED) is 0.554. The molecule has 1 unspecified atom stereocenters. The first kappa shape index (κ1) is 14.4. The summed E-state index contributed by atoms with van der Waals surface area (Å²) in [6, 6.07) is 29.0. The molecular weight excluding hydrogens is 290 g/mol. The Hall–Kier alpha value is -3.24. The molecule has 0 N–H and O–H groups in total. The van der Waals surface area contributed by atoms with Gasteiger partial charge in [-0.1, -0.05) is 72.5 Å². The van der Waals surface area contributed by atoms with Crippen molar-refractivity contribution in [3.05, 3.63) is 108 Å². The molecule has 3 aromatic carbocycles. The molecule has 1 atom stereocenters. The molecule has 114 valence electrons. The molecule has 4 rings (SSSR count). The highest BCUT2D eigenvalue weighted by atomic mass is 15.1. The molecule has 24 heavy (non-hydrogen) atoms. The van der Waals surface area contributed by atoms with Crippen molar-refractivity contribution in [3.63, 3.8) is 0 Å². The molecule has 1 heterocycles. The molecule has 1 aliphatic rings. The summed E-state index contributed by atoms with van der Waals surface area (Å²) < 4.78 is 0. The summed E-state index contributed by atoms with van der Waals surface area (Å²) in [5.74, 6) is 6.80. The molecule has 0 fully saturated rings. The van der Waals surface area contributed by atoms with E-state index in [-0.39, 0.29) is 6.04 Å². The van der Waals surface area contributed by atoms with Crippen LogP contribution in [0, 0.1) is 11.8 Å². The highest BCUT2D eigenvalue weighted by Gasteiger charge is 2.22. The Labute approximate surface area is 142 Å². The minimum absolute atomic E-state index is 0.00815. The fourth-order valence-corrected chi connectivity index (χ4v) is 2.96. The van der Waals surface area contributed by atoms with Crippen molar-refractivity contribution in [2.45, 2.75) is 6.04 Å². The fourth-order valence-electron chi connectivity index (χ4n) is 2.96. The van der Waals surface area contributed by atoms with Crippen LogP contribution in [0.25, 0.3) is 6.08 Å². The van der Waals surface area contributed by atoms with Gasteiger partial charge in [-0.05, 0) is 41.5 Å². The van der Waals surface area contributed by atoms with E-state index in [1.165, 1.54) is 11.1 Å². The van der Waals surface area contributed by atoms with Crippen molar-refractivity contribution in [2.75, 3.05) is 4.90 Å². The molecule has 0 saturated carbocycles. The summed E-state index contributed by atoms with van der Waals surface area (Å²) >= 11 is 0. The van der Waals surface area contributed by atoms with Crippen molar-refractivity contribution in [1.29, 1.82) is 0 Å². The summed E-state index contributed by atoms with van der Waals surface area (Å²) in [5, 5.41) is 0. The van der Waals surface area contributed by atoms with Gasteiger partial charge in [0.05, 0.1) is 0 Å². The lowest BCUT2D eigenvalue weighted by atomic mass is 9.95. The first-order valence-corrected chi connectivity index (χ1v) is 8.09. The van der Waals surface area contributed by atoms with Gasteiger partial charge in [-0.25, -0.2) is 0 Å². The van der Waals surface area contributed by atoms with Gasteiger partial charge in [0.2, 0.25) is 0 Å². The van der Waals surface area contributed by atoms with E-state index >= 15 is 0 Å². The average Bonchev–Trinajstić information content (AvgIpc) is 2.67. The number of rotatable bonds is 1. The third-order valence-electron chi connectivity index (χ3n) is 4.16. The van der Waals surface area contributed by atoms with Gasteiger partial charge in [0.15, 0.2) is 0 Å². The molecule has 3 aromatic rings. The number of hydrogen-bond acceptors (Lipinski definition) is 1. The predicted octanol–water partition coefficient (Wildman–Crippen LogP) is 5.27. The van der Waals surface area contributed by atoms with Crippen molar-refractivity contribution >= 4 is 11.8 Å². The van der Waals surface area contributed by atoms with Crippen LogP contribution in [0.1, 0.15) is 22.7 Å². The normalized spacial score (nSPS) is 15.3. The zero-order valence-corrected chi connectivity index (χ0v) is 13.3. The first-order valence-electron chi connectivity index (χ1n) is 8.09. The Kier molecular flexibility index (Phi) is 3.88. The smallest absolute Gasteiger partial charge is 0.121 e. The van der Waals surface area contributed by atoms with Gasteiger partial charge >= 0.3 is 0 Å². The van der Waals surface area contributed by atoms with Crippen LogP contribution in [0.2, 0.25) is 0 Å². The first-order chi connectivity index (χ1) is 11.9. The third-order valence-corrected chi connectivity index (χ3v) is 4.16. The van der Waals surface area contributed by atoms with E-state index < -0.39 is 0 Å². The lowest BCUT2D eigenvalue weighted by Gasteiger charge is -2.31. The van der Waals surface area contributed by atoms with Gasteiger partial charge in [-0.2, -0.15) is 0 Å². The lowest BCUT2D eigenvalue weighted by molar-refractivity contribution is 0.859. The van der Waals surface area contributed by atoms with Gasteiger partial charge in [-0.15, -0.1) is 0 Å². The molecule has 0 aliphatic carbocycles. The molecule has 1 aliphatic heterocycles. The van der Waals surface area contributed by atoms with E-state index in [0.717, 1.165) is 11.3 Å². The highest BCUT2D eigenvalue weighted by molar-refractivity contribution is 5.68. The van der Waals surface area contributed by atoms with Crippen LogP contribution >= 0.6 is 0 Å². The van der Waals surface area contributed by atoms with Gasteiger partial charge in [0.1, 0.15) is 6.04 Å². The monoisotopic (exact) mass is 307 g/mol. The van der Waals surface area contributed by atoms with E-state index in [4.69, 9.17) is 0 Å². The van der Waals surface area contributed by atoms with Crippen molar-refractivity contribution in [2.24, 2.45) is 0 Å². The molecule has 0 saturated heterocycles. The number of hydrogen-bond donors (Lipinski definition) is 0. The maximum absolute atomic E-state index is 3.47. The summed E-state index contributed by atoms with van der Waals surface area (Å²) in [5.41, 5.74) is 4.66. The van der Waals surface area contributed by atoms with Crippen LogP contribution in [0.4, 0.5) is 5.69 Å². The van der Waals surface area contributed by atoms with Gasteiger partial charge < -0.3 is 4.90 Å². The van der Waals surface area contributed by atoms with E-state index in [1.807, 2.05) is 36.4 Å². The van der Waals surface area contributed by atoms with Gasteiger partial charge in [-0.3, -0.25) is 0 Å². The standard InChI is InChI=1S/C23H17N/c1-3-9-19(10-4-1)15-16-23-22-14-8-7-11-20(22)17-18-24(23)21-12-5-2-6-13-21/h1-14,17-18,23H. The molecule has 1 nitrogen and oxygen atoms in total. The maximum Gasteiger partial charge on any atom is 0.121 e. The van der Waals surface area contributed by atoms with Crippen molar-refractivity contribution in [1.82, 2.24) is 0 Å². The largest absolute Gasteiger partial charge is 0.329 e. The van der Waals surface area contributed by atoms with Crippen LogP contribution in [0.5, 0.6) is 0 Å². The van der Waals surface area contributed by atoms with E-state index in [2.05, 4.69) is 77.5 Å². The molecular formula is C23H17N. The zero-order valence-electron chi connectivity index (χ0n) is 13.3. The number of fused-ring (bicyclic) bond motifs is 1. The summed E-state index contributed by atoms with van der Waals surface area (Å²) in [6.07, 6.45) is 4.28. The number of para-hydroxylation sites is 1. The Morgan fingerprint density at radius 3 is 2.17 bits per heavy atom. The van der Waals surface area contributed by atoms with Crippen LogP contribution < -0.4 is 4.90 Å². The van der Waals surface area contributed by atoms with Crippen LogP contribution in [-0.4, -0.2) is 0 Å². The zero-order chi connectivity index (χ0) is 16.2. The Bertz CT molecular complexity index is 914. The number of benzene rings is 3. The predicted molar refractivity (Wildman–Crippen MR) is 100 cm³/mol.